The SMILES string of the molecule is CNC(Cc1cc(Br)ccc1OC)c1ccoc1C. The summed E-state index contributed by atoms with van der Waals surface area (Å²) in [5, 5.41) is 3.33. The highest BCUT2D eigenvalue weighted by molar-refractivity contribution is 9.10. The van der Waals surface area contributed by atoms with Crippen molar-refractivity contribution in [2.45, 2.75) is 19.4 Å². The lowest BCUT2D eigenvalue weighted by atomic mass is 9.99. The van der Waals surface area contributed by atoms with Crippen molar-refractivity contribution in [1.29, 1.82) is 0 Å². The summed E-state index contributed by atoms with van der Waals surface area (Å²) in [5.74, 6) is 1.86. The van der Waals surface area contributed by atoms with Crippen LogP contribution in [0.1, 0.15) is 22.9 Å². The van der Waals surface area contributed by atoms with E-state index in [-0.39, 0.29) is 6.04 Å². The van der Waals surface area contributed by atoms with Gasteiger partial charge in [0.1, 0.15) is 11.5 Å². The molecular weight excluding hydrogens is 306 g/mol. The normalized spacial score (nSPS) is 12.4. The van der Waals surface area contributed by atoms with Gasteiger partial charge in [-0.15, -0.1) is 0 Å². The molecular formula is C15H18BrNO2. The maximum atomic E-state index is 5.42. The summed E-state index contributed by atoms with van der Waals surface area (Å²) in [6.07, 6.45) is 2.58. The third-order valence-electron chi connectivity index (χ3n) is 3.29. The highest BCUT2D eigenvalue weighted by atomic mass is 79.9. The molecule has 2 aromatic rings. The Hall–Kier alpha value is -1.26. The topological polar surface area (TPSA) is 34.4 Å². The van der Waals surface area contributed by atoms with E-state index in [0.717, 1.165) is 28.0 Å². The van der Waals surface area contributed by atoms with Crippen molar-refractivity contribution < 1.29 is 9.15 Å². The first-order valence-electron chi connectivity index (χ1n) is 6.19. The van der Waals surface area contributed by atoms with E-state index in [0.29, 0.717) is 0 Å². The Balaban J connectivity index is 2.28. The van der Waals surface area contributed by atoms with Gasteiger partial charge in [-0.1, -0.05) is 15.9 Å². The first-order chi connectivity index (χ1) is 9.15. The van der Waals surface area contributed by atoms with Crippen LogP contribution >= 0.6 is 15.9 Å². The number of likely N-dealkylation sites (N-methyl/N-ethyl adjacent to an activating group) is 1. The van der Waals surface area contributed by atoms with E-state index in [9.17, 15) is 0 Å². The number of furan rings is 1. The predicted molar refractivity (Wildman–Crippen MR) is 79.6 cm³/mol. The average Bonchev–Trinajstić information content (AvgIpc) is 2.82. The van der Waals surface area contributed by atoms with Crippen molar-refractivity contribution in [2.75, 3.05) is 14.2 Å². The molecule has 0 fully saturated rings. The summed E-state index contributed by atoms with van der Waals surface area (Å²) in [6, 6.07) is 8.29. The van der Waals surface area contributed by atoms with Crippen LogP contribution in [-0.4, -0.2) is 14.2 Å². The van der Waals surface area contributed by atoms with Crippen molar-refractivity contribution >= 4 is 15.9 Å². The second-order valence-electron chi connectivity index (χ2n) is 4.43. The van der Waals surface area contributed by atoms with Crippen molar-refractivity contribution in [3.63, 3.8) is 0 Å². The third kappa shape index (κ3) is 3.19. The number of nitrogens with one attached hydrogen (secondary N) is 1. The largest absolute Gasteiger partial charge is 0.496 e. The van der Waals surface area contributed by atoms with Gasteiger partial charge in [-0.2, -0.15) is 0 Å². The van der Waals surface area contributed by atoms with Crippen LogP contribution in [0.3, 0.4) is 0 Å². The molecule has 1 aromatic carbocycles. The molecule has 0 saturated heterocycles. The van der Waals surface area contributed by atoms with Crippen molar-refractivity contribution in [3.05, 3.63) is 51.9 Å². The lowest BCUT2D eigenvalue weighted by molar-refractivity contribution is 0.406. The summed E-state index contributed by atoms with van der Waals surface area (Å²) >= 11 is 3.51. The molecule has 3 nitrogen and oxygen atoms in total. The van der Waals surface area contributed by atoms with Gasteiger partial charge < -0.3 is 14.5 Å². The fourth-order valence-electron chi connectivity index (χ4n) is 2.25. The summed E-state index contributed by atoms with van der Waals surface area (Å²) in [6.45, 7) is 1.98. The molecule has 0 aliphatic rings. The molecule has 1 unspecified atom stereocenters. The van der Waals surface area contributed by atoms with Gasteiger partial charge in [0.15, 0.2) is 0 Å². The Bertz CT molecular complexity index is 551. The first kappa shape index (κ1) is 14.2. The Morgan fingerprint density at radius 2 is 2.16 bits per heavy atom. The smallest absolute Gasteiger partial charge is 0.122 e. The zero-order chi connectivity index (χ0) is 13.8. The predicted octanol–water partition coefficient (Wildman–Crippen LogP) is 3.86. The molecule has 0 aliphatic heterocycles. The monoisotopic (exact) mass is 323 g/mol. The second-order valence-corrected chi connectivity index (χ2v) is 5.35. The quantitative estimate of drug-likeness (QED) is 0.907. The molecule has 102 valence electrons. The number of aryl methyl sites for hydroxylation is 1. The molecule has 0 bridgehead atoms. The molecule has 0 aliphatic carbocycles. The van der Waals surface area contributed by atoms with Gasteiger partial charge >= 0.3 is 0 Å². The molecule has 1 atom stereocenters. The maximum absolute atomic E-state index is 5.42. The number of benzene rings is 1. The van der Waals surface area contributed by atoms with E-state index in [2.05, 4.69) is 27.3 Å². The zero-order valence-corrected chi connectivity index (χ0v) is 13.0. The molecule has 4 heteroatoms. The zero-order valence-electron chi connectivity index (χ0n) is 11.4. The van der Waals surface area contributed by atoms with Crippen LogP contribution in [0.5, 0.6) is 5.75 Å². The van der Waals surface area contributed by atoms with Gasteiger partial charge in [-0.25, -0.2) is 0 Å². The van der Waals surface area contributed by atoms with E-state index < -0.39 is 0 Å². The number of hydrogen-bond acceptors (Lipinski definition) is 3. The highest BCUT2D eigenvalue weighted by Gasteiger charge is 2.16. The van der Waals surface area contributed by atoms with Crippen LogP contribution in [0.25, 0.3) is 0 Å². The summed E-state index contributed by atoms with van der Waals surface area (Å²) in [5.41, 5.74) is 2.35. The lowest BCUT2D eigenvalue weighted by Gasteiger charge is -2.17. The van der Waals surface area contributed by atoms with Gasteiger partial charge in [0, 0.05) is 16.1 Å². The van der Waals surface area contributed by atoms with Gasteiger partial charge in [-0.3, -0.25) is 0 Å². The number of rotatable bonds is 5. The molecule has 0 radical (unpaired) electrons. The fraction of sp³-hybridized carbons (Fsp3) is 0.333. The van der Waals surface area contributed by atoms with Crippen LogP contribution in [0.4, 0.5) is 0 Å². The van der Waals surface area contributed by atoms with E-state index in [1.54, 1.807) is 13.4 Å². The van der Waals surface area contributed by atoms with E-state index in [1.165, 1.54) is 5.56 Å². The summed E-state index contributed by atoms with van der Waals surface area (Å²) in [4.78, 5) is 0. The third-order valence-corrected chi connectivity index (χ3v) is 3.78. The van der Waals surface area contributed by atoms with Crippen molar-refractivity contribution in [2.24, 2.45) is 0 Å². The standard InChI is InChI=1S/C15H18BrNO2/c1-10-13(6-7-19-10)14(17-2)9-11-8-12(16)4-5-15(11)18-3/h4-8,14,17H,9H2,1-3H3. The van der Waals surface area contributed by atoms with E-state index in [1.807, 2.05) is 32.2 Å². The highest BCUT2D eigenvalue weighted by Crippen LogP contribution is 2.29. The molecule has 0 spiro atoms. The van der Waals surface area contributed by atoms with Crippen molar-refractivity contribution in [3.8, 4) is 5.75 Å². The Morgan fingerprint density at radius 1 is 1.37 bits per heavy atom. The number of ether oxygens (including phenoxy) is 1. The van der Waals surface area contributed by atoms with Crippen LogP contribution < -0.4 is 10.1 Å². The summed E-state index contributed by atoms with van der Waals surface area (Å²) < 4.78 is 11.9. The molecule has 0 amide bonds. The number of methoxy groups -OCH3 is 1. The minimum atomic E-state index is 0.210. The van der Waals surface area contributed by atoms with E-state index >= 15 is 0 Å². The van der Waals surface area contributed by atoms with Gasteiger partial charge in [0.05, 0.1) is 13.4 Å². The Labute approximate surface area is 122 Å². The minimum Gasteiger partial charge on any atom is -0.496 e. The second kappa shape index (κ2) is 6.26. The first-order valence-corrected chi connectivity index (χ1v) is 6.98. The minimum absolute atomic E-state index is 0.210. The molecule has 19 heavy (non-hydrogen) atoms. The maximum Gasteiger partial charge on any atom is 0.122 e. The molecule has 0 saturated carbocycles. The molecule has 1 aromatic heterocycles. The van der Waals surface area contributed by atoms with Gasteiger partial charge in [-0.05, 0) is 50.2 Å². The average molecular weight is 324 g/mol. The van der Waals surface area contributed by atoms with Crippen molar-refractivity contribution in [1.82, 2.24) is 5.32 Å². The Morgan fingerprint density at radius 3 is 2.74 bits per heavy atom. The van der Waals surface area contributed by atoms with Crippen LogP contribution in [0.15, 0.2) is 39.4 Å². The lowest BCUT2D eigenvalue weighted by Crippen LogP contribution is -2.19. The number of halogens is 1. The van der Waals surface area contributed by atoms with Crippen LogP contribution in [-0.2, 0) is 6.42 Å². The van der Waals surface area contributed by atoms with Crippen LogP contribution in [0, 0.1) is 6.92 Å². The van der Waals surface area contributed by atoms with Crippen LogP contribution in [0.2, 0.25) is 0 Å². The molecule has 1 heterocycles. The summed E-state index contributed by atoms with van der Waals surface area (Å²) in [7, 11) is 3.66. The number of hydrogen-bond donors (Lipinski definition) is 1. The van der Waals surface area contributed by atoms with Gasteiger partial charge in [0.2, 0.25) is 0 Å². The van der Waals surface area contributed by atoms with Gasteiger partial charge in [0.25, 0.3) is 0 Å². The fourth-order valence-corrected chi connectivity index (χ4v) is 2.66. The molecule has 2 rings (SSSR count). The molecule has 1 N–H and O–H groups in total. The van der Waals surface area contributed by atoms with E-state index in [4.69, 9.17) is 9.15 Å². The Kier molecular flexibility index (Phi) is 4.66.